The summed E-state index contributed by atoms with van der Waals surface area (Å²) in [6.45, 7) is 4.83. The fraction of sp³-hybridized carbons (Fsp3) is 0.333. The predicted octanol–water partition coefficient (Wildman–Crippen LogP) is 3.28. The Morgan fingerprint density at radius 2 is 2.10 bits per heavy atom. The number of nitrogens with zero attached hydrogens (tertiary/aromatic N) is 1. The van der Waals surface area contributed by atoms with Gasteiger partial charge in [0.15, 0.2) is 10.8 Å². The number of esters is 1. The van der Waals surface area contributed by atoms with Crippen molar-refractivity contribution in [3.05, 3.63) is 46.5 Å². The maximum atomic E-state index is 11.7. The maximum absolute atomic E-state index is 11.7. The first kappa shape index (κ1) is 14.5. The fourth-order valence-electron chi connectivity index (χ4n) is 1.82. The molecule has 1 N–H and O–H groups in total. The van der Waals surface area contributed by atoms with Gasteiger partial charge in [-0.2, -0.15) is 0 Å². The van der Waals surface area contributed by atoms with Crippen LogP contribution in [0.1, 0.15) is 27.9 Å². The summed E-state index contributed by atoms with van der Waals surface area (Å²) in [7, 11) is 0. The van der Waals surface area contributed by atoms with E-state index in [1.807, 2.05) is 25.1 Å². The largest absolute Gasteiger partial charge is 0.461 e. The first-order valence-electron chi connectivity index (χ1n) is 6.63. The normalized spacial score (nSPS) is 10.3. The molecule has 5 heteroatoms. The first-order valence-corrected chi connectivity index (χ1v) is 7.44. The van der Waals surface area contributed by atoms with Crippen LogP contribution in [0.15, 0.2) is 30.3 Å². The quantitative estimate of drug-likeness (QED) is 0.829. The Bertz CT molecular complexity index is 567. The smallest absolute Gasteiger partial charge is 0.358 e. The van der Waals surface area contributed by atoms with Crippen LogP contribution in [0.3, 0.4) is 0 Å². The number of ether oxygens (including phenoxy) is 1. The molecule has 1 heterocycles. The topological polar surface area (TPSA) is 51.2 Å². The van der Waals surface area contributed by atoms with Gasteiger partial charge in [0.2, 0.25) is 0 Å². The zero-order valence-electron chi connectivity index (χ0n) is 11.7. The molecule has 0 radical (unpaired) electrons. The number of carbonyl (C=O) groups excluding carboxylic acids is 1. The minimum absolute atomic E-state index is 0.350. The number of rotatable bonds is 6. The van der Waals surface area contributed by atoms with Gasteiger partial charge in [0.05, 0.1) is 6.61 Å². The maximum Gasteiger partial charge on any atom is 0.358 e. The number of anilines is 1. The zero-order valence-corrected chi connectivity index (χ0v) is 12.5. The van der Waals surface area contributed by atoms with Crippen LogP contribution < -0.4 is 5.32 Å². The highest BCUT2D eigenvalue weighted by Gasteiger charge is 2.16. The van der Waals surface area contributed by atoms with Crippen molar-refractivity contribution in [2.45, 2.75) is 20.3 Å². The molecular formula is C15H18N2O2S. The molecule has 0 bridgehead atoms. The van der Waals surface area contributed by atoms with Crippen molar-refractivity contribution in [2.75, 3.05) is 18.5 Å². The number of hydrogen-bond donors (Lipinski definition) is 1. The molecule has 1 aromatic heterocycles. The molecule has 20 heavy (non-hydrogen) atoms. The van der Waals surface area contributed by atoms with Gasteiger partial charge in [0, 0.05) is 11.4 Å². The van der Waals surface area contributed by atoms with Gasteiger partial charge < -0.3 is 10.1 Å². The van der Waals surface area contributed by atoms with Crippen LogP contribution >= 0.6 is 11.3 Å². The van der Waals surface area contributed by atoms with Gasteiger partial charge in [-0.3, -0.25) is 0 Å². The molecule has 0 unspecified atom stereocenters. The molecule has 0 atom stereocenters. The highest BCUT2D eigenvalue weighted by atomic mass is 32.1. The first-order chi connectivity index (χ1) is 9.70. The van der Waals surface area contributed by atoms with Crippen molar-refractivity contribution in [3.63, 3.8) is 0 Å². The lowest BCUT2D eigenvalue weighted by molar-refractivity contribution is 0.0519. The fourth-order valence-corrected chi connectivity index (χ4v) is 2.65. The van der Waals surface area contributed by atoms with Gasteiger partial charge in [-0.25, -0.2) is 9.78 Å². The van der Waals surface area contributed by atoms with Crippen LogP contribution in [0.25, 0.3) is 0 Å². The second kappa shape index (κ2) is 7.05. The van der Waals surface area contributed by atoms with E-state index >= 15 is 0 Å². The average molecular weight is 290 g/mol. The Hall–Kier alpha value is -1.88. The molecule has 4 nitrogen and oxygen atoms in total. The summed E-state index contributed by atoms with van der Waals surface area (Å²) in [5, 5.41) is 4.02. The molecule has 0 aliphatic rings. The molecule has 106 valence electrons. The highest BCUT2D eigenvalue weighted by molar-refractivity contribution is 7.15. The van der Waals surface area contributed by atoms with Crippen LogP contribution in [-0.2, 0) is 11.2 Å². The predicted molar refractivity (Wildman–Crippen MR) is 81.4 cm³/mol. The Labute approximate surface area is 122 Å². The van der Waals surface area contributed by atoms with E-state index < -0.39 is 0 Å². The number of aromatic nitrogens is 1. The van der Waals surface area contributed by atoms with E-state index in [4.69, 9.17) is 4.74 Å². The summed E-state index contributed by atoms with van der Waals surface area (Å²) in [5.41, 5.74) is 1.69. The van der Waals surface area contributed by atoms with E-state index in [1.54, 1.807) is 6.92 Å². The number of carbonyl (C=O) groups is 1. The SMILES string of the molecule is CCOC(=O)c1nc(NCCc2ccccc2)sc1C. The standard InChI is InChI=1S/C15H18N2O2S/c1-3-19-14(18)13-11(2)20-15(17-13)16-10-9-12-7-5-4-6-8-12/h4-8H,3,9-10H2,1-2H3,(H,16,17). The van der Waals surface area contributed by atoms with Gasteiger partial charge in [-0.15, -0.1) is 11.3 Å². The molecule has 0 amide bonds. The van der Waals surface area contributed by atoms with Crippen LogP contribution in [0.5, 0.6) is 0 Å². The van der Waals surface area contributed by atoms with Crippen LogP contribution in [0.2, 0.25) is 0 Å². The monoisotopic (exact) mass is 290 g/mol. The lowest BCUT2D eigenvalue weighted by Crippen LogP contribution is -2.08. The summed E-state index contributed by atoms with van der Waals surface area (Å²) in [4.78, 5) is 16.8. The lowest BCUT2D eigenvalue weighted by Gasteiger charge is -2.02. The molecule has 2 rings (SSSR count). The molecule has 0 aliphatic heterocycles. The van der Waals surface area contributed by atoms with E-state index in [1.165, 1.54) is 16.9 Å². The van der Waals surface area contributed by atoms with E-state index in [0.717, 1.165) is 23.0 Å². The Kier molecular flexibility index (Phi) is 5.12. The van der Waals surface area contributed by atoms with Crippen molar-refractivity contribution < 1.29 is 9.53 Å². The van der Waals surface area contributed by atoms with Crippen molar-refractivity contribution in [1.82, 2.24) is 4.98 Å². The van der Waals surface area contributed by atoms with Crippen molar-refractivity contribution in [3.8, 4) is 0 Å². The van der Waals surface area contributed by atoms with Crippen molar-refractivity contribution >= 4 is 22.4 Å². The third-order valence-electron chi connectivity index (χ3n) is 2.80. The van der Waals surface area contributed by atoms with E-state index in [0.29, 0.717) is 12.3 Å². The van der Waals surface area contributed by atoms with Crippen LogP contribution in [-0.4, -0.2) is 24.1 Å². The third kappa shape index (κ3) is 3.81. The molecule has 0 saturated heterocycles. The Morgan fingerprint density at radius 3 is 2.80 bits per heavy atom. The molecule has 0 saturated carbocycles. The number of thiazole rings is 1. The number of nitrogens with one attached hydrogen (secondary N) is 1. The second-order valence-electron chi connectivity index (χ2n) is 4.31. The summed E-state index contributed by atoms with van der Waals surface area (Å²) in [5.74, 6) is -0.350. The Balaban J connectivity index is 1.91. The zero-order chi connectivity index (χ0) is 14.4. The van der Waals surface area contributed by atoms with E-state index in [-0.39, 0.29) is 5.97 Å². The molecule has 0 spiro atoms. The van der Waals surface area contributed by atoms with Crippen molar-refractivity contribution in [1.29, 1.82) is 0 Å². The molecular weight excluding hydrogens is 272 g/mol. The highest BCUT2D eigenvalue weighted by Crippen LogP contribution is 2.22. The lowest BCUT2D eigenvalue weighted by atomic mass is 10.2. The molecule has 2 aromatic rings. The van der Waals surface area contributed by atoms with Crippen LogP contribution in [0, 0.1) is 6.92 Å². The van der Waals surface area contributed by atoms with Gasteiger partial charge >= 0.3 is 5.97 Å². The summed E-state index contributed by atoms with van der Waals surface area (Å²) < 4.78 is 4.97. The minimum Gasteiger partial charge on any atom is -0.461 e. The minimum atomic E-state index is -0.350. The molecule has 1 aromatic carbocycles. The van der Waals surface area contributed by atoms with Crippen molar-refractivity contribution in [2.24, 2.45) is 0 Å². The van der Waals surface area contributed by atoms with E-state index in [2.05, 4.69) is 22.4 Å². The average Bonchev–Trinajstić information content (AvgIpc) is 2.81. The summed E-state index contributed by atoms with van der Waals surface area (Å²) in [6.07, 6.45) is 0.925. The molecule has 0 aliphatic carbocycles. The van der Waals surface area contributed by atoms with Gasteiger partial charge in [-0.05, 0) is 25.8 Å². The van der Waals surface area contributed by atoms with Gasteiger partial charge in [0.25, 0.3) is 0 Å². The number of aryl methyl sites for hydroxylation is 1. The van der Waals surface area contributed by atoms with Gasteiger partial charge in [-0.1, -0.05) is 30.3 Å². The number of hydrogen-bond acceptors (Lipinski definition) is 5. The summed E-state index contributed by atoms with van der Waals surface area (Å²) in [6, 6.07) is 10.3. The van der Waals surface area contributed by atoms with Gasteiger partial charge in [0.1, 0.15) is 0 Å². The summed E-state index contributed by atoms with van der Waals surface area (Å²) >= 11 is 1.48. The van der Waals surface area contributed by atoms with E-state index in [9.17, 15) is 4.79 Å². The second-order valence-corrected chi connectivity index (χ2v) is 5.51. The van der Waals surface area contributed by atoms with Crippen LogP contribution in [0.4, 0.5) is 5.13 Å². The Morgan fingerprint density at radius 1 is 1.35 bits per heavy atom. The number of benzene rings is 1. The molecule has 0 fully saturated rings. The third-order valence-corrected chi connectivity index (χ3v) is 3.73.